The Balaban J connectivity index is 1.93. The summed E-state index contributed by atoms with van der Waals surface area (Å²) in [6, 6.07) is 8.31. The van der Waals surface area contributed by atoms with Crippen LogP contribution in [-0.4, -0.2) is 33.0 Å². The number of anilines is 1. The molecule has 0 aliphatic carbocycles. The van der Waals surface area contributed by atoms with Gasteiger partial charge in [0.2, 0.25) is 0 Å². The molecule has 1 heterocycles. The highest BCUT2D eigenvalue weighted by atomic mass is 16.3. The largest absolute Gasteiger partial charge is 0.396 e. The molecule has 0 radical (unpaired) electrons. The summed E-state index contributed by atoms with van der Waals surface area (Å²) in [6.07, 6.45) is 5.19. The molecule has 0 amide bonds. The first kappa shape index (κ1) is 15.5. The Morgan fingerprint density at radius 2 is 1.90 bits per heavy atom. The first-order chi connectivity index (χ1) is 10.2. The second-order valence-corrected chi connectivity index (χ2v) is 5.51. The minimum Gasteiger partial charge on any atom is -0.396 e. The van der Waals surface area contributed by atoms with Crippen molar-refractivity contribution in [1.82, 2.24) is 14.8 Å². The van der Waals surface area contributed by atoms with Gasteiger partial charge in [0, 0.05) is 17.6 Å². The molecule has 21 heavy (non-hydrogen) atoms. The minimum absolute atomic E-state index is 0.0284. The molecule has 114 valence electrons. The average Bonchev–Trinajstić information content (AvgIpc) is 3.04. The smallest absolute Gasteiger partial charge is 0.137 e. The SMILES string of the molecule is CCC(CC)(CO)CNc1ccc(Cn2cncn2)cc1. The second-order valence-electron chi connectivity index (χ2n) is 5.51. The number of aliphatic hydroxyl groups is 1. The minimum atomic E-state index is -0.0284. The third kappa shape index (κ3) is 4.04. The Morgan fingerprint density at radius 3 is 2.43 bits per heavy atom. The van der Waals surface area contributed by atoms with Crippen LogP contribution in [0.15, 0.2) is 36.9 Å². The van der Waals surface area contributed by atoms with Crippen molar-refractivity contribution in [1.29, 1.82) is 0 Å². The molecule has 2 rings (SSSR count). The Kier molecular flexibility index (Phi) is 5.33. The summed E-state index contributed by atoms with van der Waals surface area (Å²) in [5, 5.41) is 17.1. The standard InChI is InChI=1S/C16H24N4O/c1-3-16(4-2,11-21)10-18-15-7-5-14(6-8-15)9-20-13-17-12-19-20/h5-8,12-13,18,21H,3-4,9-11H2,1-2H3. The fourth-order valence-corrected chi connectivity index (χ4v) is 2.30. The summed E-state index contributed by atoms with van der Waals surface area (Å²) in [5.74, 6) is 0. The van der Waals surface area contributed by atoms with Crippen LogP contribution in [0.3, 0.4) is 0 Å². The third-order valence-corrected chi connectivity index (χ3v) is 4.27. The zero-order chi connectivity index (χ0) is 15.1. The Bertz CT molecular complexity index is 509. The normalized spacial score (nSPS) is 11.6. The summed E-state index contributed by atoms with van der Waals surface area (Å²) in [6.45, 7) is 5.99. The van der Waals surface area contributed by atoms with Crippen LogP contribution in [0, 0.1) is 5.41 Å². The average molecular weight is 288 g/mol. The third-order valence-electron chi connectivity index (χ3n) is 4.27. The summed E-state index contributed by atoms with van der Waals surface area (Å²) in [5.41, 5.74) is 2.24. The Labute approximate surface area is 126 Å². The molecule has 0 aliphatic heterocycles. The summed E-state index contributed by atoms with van der Waals surface area (Å²) >= 11 is 0. The molecule has 0 aliphatic rings. The predicted octanol–water partition coefficient (Wildman–Crippen LogP) is 2.54. The maximum absolute atomic E-state index is 9.59. The number of aliphatic hydroxyl groups excluding tert-OH is 1. The van der Waals surface area contributed by atoms with Crippen molar-refractivity contribution in [3.05, 3.63) is 42.5 Å². The van der Waals surface area contributed by atoms with Gasteiger partial charge in [0.05, 0.1) is 13.2 Å². The molecule has 0 atom stereocenters. The van der Waals surface area contributed by atoms with Gasteiger partial charge in [-0.15, -0.1) is 0 Å². The summed E-state index contributed by atoms with van der Waals surface area (Å²) < 4.78 is 1.80. The number of hydrogen-bond acceptors (Lipinski definition) is 4. The molecule has 1 aromatic carbocycles. The Hall–Kier alpha value is -1.88. The van der Waals surface area contributed by atoms with Crippen molar-refractivity contribution in [2.75, 3.05) is 18.5 Å². The van der Waals surface area contributed by atoms with E-state index in [0.29, 0.717) is 0 Å². The van der Waals surface area contributed by atoms with E-state index >= 15 is 0 Å². The van der Waals surface area contributed by atoms with Gasteiger partial charge >= 0.3 is 0 Å². The lowest BCUT2D eigenvalue weighted by Crippen LogP contribution is -2.32. The van der Waals surface area contributed by atoms with Crippen molar-refractivity contribution in [3.63, 3.8) is 0 Å². The van der Waals surface area contributed by atoms with Crippen LogP contribution in [0.4, 0.5) is 5.69 Å². The van der Waals surface area contributed by atoms with Crippen LogP contribution in [-0.2, 0) is 6.54 Å². The van der Waals surface area contributed by atoms with Crippen LogP contribution in [0.5, 0.6) is 0 Å². The number of aromatic nitrogens is 3. The van der Waals surface area contributed by atoms with E-state index in [1.807, 2.05) is 0 Å². The maximum Gasteiger partial charge on any atom is 0.137 e. The second kappa shape index (κ2) is 7.22. The first-order valence-corrected chi connectivity index (χ1v) is 7.47. The van der Waals surface area contributed by atoms with Crippen LogP contribution < -0.4 is 5.32 Å². The van der Waals surface area contributed by atoms with E-state index in [-0.39, 0.29) is 12.0 Å². The van der Waals surface area contributed by atoms with E-state index in [9.17, 15) is 5.11 Å². The predicted molar refractivity (Wildman–Crippen MR) is 84.2 cm³/mol. The molecule has 0 saturated heterocycles. The molecular weight excluding hydrogens is 264 g/mol. The monoisotopic (exact) mass is 288 g/mol. The highest BCUT2D eigenvalue weighted by molar-refractivity contribution is 5.44. The fraction of sp³-hybridized carbons (Fsp3) is 0.500. The van der Waals surface area contributed by atoms with Gasteiger partial charge in [-0.2, -0.15) is 5.10 Å². The lowest BCUT2D eigenvalue weighted by molar-refractivity contribution is 0.127. The van der Waals surface area contributed by atoms with E-state index in [4.69, 9.17) is 0 Å². The highest BCUT2D eigenvalue weighted by Crippen LogP contribution is 2.26. The molecular formula is C16H24N4O. The molecule has 0 bridgehead atoms. The van der Waals surface area contributed by atoms with Crippen LogP contribution in [0.2, 0.25) is 0 Å². The van der Waals surface area contributed by atoms with E-state index in [1.165, 1.54) is 5.56 Å². The van der Waals surface area contributed by atoms with Crippen LogP contribution in [0.1, 0.15) is 32.3 Å². The number of nitrogens with zero attached hydrogens (tertiary/aromatic N) is 3. The van der Waals surface area contributed by atoms with Gasteiger partial charge in [-0.1, -0.05) is 26.0 Å². The molecule has 0 unspecified atom stereocenters. The quantitative estimate of drug-likeness (QED) is 0.783. The zero-order valence-corrected chi connectivity index (χ0v) is 12.8. The van der Waals surface area contributed by atoms with Gasteiger partial charge in [0.15, 0.2) is 0 Å². The summed E-state index contributed by atoms with van der Waals surface area (Å²) in [7, 11) is 0. The van der Waals surface area contributed by atoms with Gasteiger partial charge in [-0.3, -0.25) is 0 Å². The van der Waals surface area contributed by atoms with Crippen molar-refractivity contribution in [2.24, 2.45) is 5.41 Å². The zero-order valence-electron chi connectivity index (χ0n) is 12.8. The van der Waals surface area contributed by atoms with Gasteiger partial charge in [0.25, 0.3) is 0 Å². The first-order valence-electron chi connectivity index (χ1n) is 7.47. The molecule has 0 saturated carbocycles. The van der Waals surface area contributed by atoms with Crippen LogP contribution in [0.25, 0.3) is 0 Å². The van der Waals surface area contributed by atoms with E-state index in [0.717, 1.165) is 31.6 Å². The molecule has 0 spiro atoms. The highest BCUT2D eigenvalue weighted by Gasteiger charge is 2.24. The topological polar surface area (TPSA) is 63.0 Å². The van der Waals surface area contributed by atoms with E-state index in [2.05, 4.69) is 53.5 Å². The van der Waals surface area contributed by atoms with Crippen LogP contribution >= 0.6 is 0 Å². The summed E-state index contributed by atoms with van der Waals surface area (Å²) in [4.78, 5) is 3.94. The molecule has 2 aromatic rings. The van der Waals surface area contributed by atoms with Crippen molar-refractivity contribution < 1.29 is 5.11 Å². The van der Waals surface area contributed by atoms with E-state index < -0.39 is 0 Å². The fourth-order valence-electron chi connectivity index (χ4n) is 2.30. The number of hydrogen-bond donors (Lipinski definition) is 2. The van der Waals surface area contributed by atoms with Gasteiger partial charge in [-0.25, -0.2) is 9.67 Å². The van der Waals surface area contributed by atoms with Gasteiger partial charge < -0.3 is 10.4 Å². The number of nitrogens with one attached hydrogen (secondary N) is 1. The Morgan fingerprint density at radius 1 is 1.19 bits per heavy atom. The van der Waals surface area contributed by atoms with Crippen molar-refractivity contribution in [2.45, 2.75) is 33.2 Å². The molecule has 2 N–H and O–H groups in total. The van der Waals surface area contributed by atoms with Gasteiger partial charge in [-0.05, 0) is 30.5 Å². The van der Waals surface area contributed by atoms with Gasteiger partial charge in [0.1, 0.15) is 12.7 Å². The molecule has 0 fully saturated rings. The number of rotatable bonds is 8. The molecule has 5 heteroatoms. The molecule has 1 aromatic heterocycles. The number of benzene rings is 1. The van der Waals surface area contributed by atoms with Crippen molar-refractivity contribution >= 4 is 5.69 Å². The lowest BCUT2D eigenvalue weighted by atomic mass is 9.83. The lowest BCUT2D eigenvalue weighted by Gasteiger charge is -2.30. The molecule has 5 nitrogen and oxygen atoms in total. The maximum atomic E-state index is 9.59. The van der Waals surface area contributed by atoms with E-state index in [1.54, 1.807) is 17.3 Å². The van der Waals surface area contributed by atoms with Crippen molar-refractivity contribution in [3.8, 4) is 0 Å².